The van der Waals surface area contributed by atoms with Crippen LogP contribution in [-0.2, 0) is 4.79 Å². The minimum Gasteiger partial charge on any atom is -0.490 e. The van der Waals surface area contributed by atoms with Gasteiger partial charge in [-0.15, -0.1) is 0 Å². The van der Waals surface area contributed by atoms with Crippen LogP contribution in [0.15, 0.2) is 89.4 Å². The molecule has 0 unspecified atom stereocenters. The maximum absolute atomic E-state index is 11.2. The number of carbonyl (C=O) groups is 2. The van der Waals surface area contributed by atoms with Gasteiger partial charge in [0.05, 0.1) is 0 Å². The van der Waals surface area contributed by atoms with Crippen LogP contribution in [0, 0.1) is 6.92 Å². The van der Waals surface area contributed by atoms with Crippen molar-refractivity contribution in [2.45, 2.75) is 51.7 Å². The summed E-state index contributed by atoms with van der Waals surface area (Å²) < 4.78 is 11.8. The van der Waals surface area contributed by atoms with Gasteiger partial charge in [-0.05, 0) is 80.8 Å². The van der Waals surface area contributed by atoms with Crippen molar-refractivity contribution in [2.75, 3.05) is 37.6 Å². The number of anilines is 1. The minimum absolute atomic E-state index is 0.210. The van der Waals surface area contributed by atoms with Gasteiger partial charge in [0.15, 0.2) is 0 Å². The molecule has 0 aliphatic carbocycles. The number of hydrogen-bond acceptors (Lipinski definition) is 6. The molecule has 3 N–H and O–H groups in total. The number of fused-ring (bicyclic) bond motifs is 1. The predicted octanol–water partition coefficient (Wildman–Crippen LogP) is 5.77. The first-order valence-electron chi connectivity index (χ1n) is 15.1. The number of carbonyl (C=O) groups excluding carboxylic acids is 2. The van der Waals surface area contributed by atoms with Gasteiger partial charge in [0.25, 0.3) is 0 Å². The molecule has 0 atom stereocenters. The molecule has 2 aliphatic heterocycles. The first kappa shape index (κ1) is 31.6. The van der Waals surface area contributed by atoms with Gasteiger partial charge in [0.1, 0.15) is 23.2 Å². The van der Waals surface area contributed by atoms with E-state index in [1.165, 1.54) is 5.57 Å². The van der Waals surface area contributed by atoms with Gasteiger partial charge in [-0.1, -0.05) is 30.9 Å². The van der Waals surface area contributed by atoms with Gasteiger partial charge in [-0.25, -0.2) is 0 Å². The first-order chi connectivity index (χ1) is 20.9. The molecule has 2 saturated heterocycles. The number of nitrogens with one attached hydrogen (secondary N) is 1. The van der Waals surface area contributed by atoms with E-state index in [0.29, 0.717) is 11.6 Å². The Kier molecular flexibility index (Phi) is 11.6. The van der Waals surface area contributed by atoms with Crippen molar-refractivity contribution < 1.29 is 18.7 Å². The molecule has 2 aliphatic rings. The number of rotatable bonds is 10. The summed E-state index contributed by atoms with van der Waals surface area (Å²) in [5.41, 5.74) is 9.12. The topological polar surface area (TPSA) is 101 Å². The fourth-order valence-corrected chi connectivity index (χ4v) is 5.63. The fraction of sp³-hybridized carbons (Fsp3) is 0.371. The Bertz CT molecular complexity index is 1410. The Morgan fingerprint density at radius 3 is 2.42 bits per heavy atom. The summed E-state index contributed by atoms with van der Waals surface area (Å²) in [5, 5.41) is 3.93. The second kappa shape index (κ2) is 15.8. The highest BCUT2D eigenvalue weighted by Gasteiger charge is 2.21. The molecule has 8 nitrogen and oxygen atoms in total. The maximum Gasteiger partial charge on any atom is 0.248 e. The van der Waals surface area contributed by atoms with Crippen LogP contribution >= 0.6 is 0 Å². The highest BCUT2D eigenvalue weighted by atomic mass is 16.5. The Morgan fingerprint density at radius 1 is 1.07 bits per heavy atom. The Balaban J connectivity index is 0.000000217. The monoisotopic (exact) mass is 584 g/mol. The van der Waals surface area contributed by atoms with Crippen LogP contribution in [0.2, 0.25) is 0 Å². The summed E-state index contributed by atoms with van der Waals surface area (Å²) in [7, 11) is 0. The number of hydrogen-bond donors (Lipinski definition) is 2. The van der Waals surface area contributed by atoms with Crippen LogP contribution in [0.4, 0.5) is 5.69 Å². The molecule has 1 aromatic heterocycles. The Morgan fingerprint density at radius 2 is 1.79 bits per heavy atom. The molecule has 0 spiro atoms. The summed E-state index contributed by atoms with van der Waals surface area (Å²) in [6, 6.07) is 15.8. The molecule has 2 amide bonds. The van der Waals surface area contributed by atoms with E-state index in [1.54, 1.807) is 12.1 Å². The summed E-state index contributed by atoms with van der Waals surface area (Å²) in [6.45, 7) is 12.6. The molecule has 8 heteroatoms. The van der Waals surface area contributed by atoms with Gasteiger partial charge in [-0.2, -0.15) is 0 Å². The Labute approximate surface area is 254 Å². The third kappa shape index (κ3) is 9.35. The van der Waals surface area contributed by atoms with Crippen molar-refractivity contribution >= 4 is 29.0 Å². The molecule has 0 saturated carbocycles. The lowest BCUT2D eigenvalue weighted by Gasteiger charge is -2.33. The van der Waals surface area contributed by atoms with Crippen molar-refractivity contribution in [3.63, 3.8) is 0 Å². The number of furan rings is 1. The molecule has 2 aromatic carbocycles. The van der Waals surface area contributed by atoms with E-state index < -0.39 is 5.91 Å². The average molecular weight is 585 g/mol. The fourth-order valence-electron chi connectivity index (χ4n) is 5.63. The van der Waals surface area contributed by atoms with Crippen LogP contribution in [0.3, 0.4) is 0 Å². The van der Waals surface area contributed by atoms with Gasteiger partial charge in [0.2, 0.25) is 12.3 Å². The number of primary amides is 1. The maximum atomic E-state index is 11.2. The average Bonchev–Trinajstić information content (AvgIpc) is 3.39. The minimum atomic E-state index is -0.395. The highest BCUT2D eigenvalue weighted by molar-refractivity contribution is 5.93. The quantitative estimate of drug-likeness (QED) is 0.232. The molecule has 43 heavy (non-hydrogen) atoms. The van der Waals surface area contributed by atoms with E-state index in [-0.39, 0.29) is 6.10 Å². The summed E-state index contributed by atoms with van der Waals surface area (Å²) in [6.07, 6.45) is 13.1. The van der Waals surface area contributed by atoms with Gasteiger partial charge >= 0.3 is 0 Å². The summed E-state index contributed by atoms with van der Waals surface area (Å²) in [4.78, 5) is 26.3. The zero-order chi connectivity index (χ0) is 30.6. The van der Waals surface area contributed by atoms with Crippen LogP contribution in [-0.4, -0.2) is 62.1 Å². The number of allylic oxidation sites excluding steroid dienone is 3. The number of amides is 2. The largest absolute Gasteiger partial charge is 0.490 e. The third-order valence-corrected chi connectivity index (χ3v) is 7.88. The molecular formula is C35H44N4O4. The second-order valence-corrected chi connectivity index (χ2v) is 11.1. The zero-order valence-electron chi connectivity index (χ0n) is 25.3. The SMILES string of the molecule is C=C/C=C(\C=C/C)CN1CCC(NC=O)CC1.Cc1cc2cc(OC3CCN(c4ccc(C(N)=O)cc4)CC3)ccc2o1. The van der Waals surface area contributed by atoms with Gasteiger partial charge in [0, 0.05) is 68.2 Å². The molecule has 228 valence electrons. The lowest BCUT2D eigenvalue weighted by molar-refractivity contribution is -0.110. The second-order valence-electron chi connectivity index (χ2n) is 11.1. The number of ether oxygens (including phenoxy) is 1. The number of nitrogens with zero attached hydrogens (tertiary/aromatic N) is 2. The Hall–Kier alpha value is -4.30. The molecule has 0 bridgehead atoms. The molecule has 3 heterocycles. The molecule has 2 fully saturated rings. The van der Waals surface area contributed by atoms with E-state index in [4.69, 9.17) is 14.9 Å². The number of benzene rings is 2. The normalized spacial score (nSPS) is 17.0. The van der Waals surface area contributed by atoms with Crippen molar-refractivity contribution in [2.24, 2.45) is 5.73 Å². The van der Waals surface area contributed by atoms with Gasteiger partial charge < -0.3 is 25.1 Å². The van der Waals surface area contributed by atoms with Crippen LogP contribution in [0.5, 0.6) is 5.75 Å². The number of piperidine rings is 2. The van der Waals surface area contributed by atoms with Crippen molar-refractivity contribution in [1.29, 1.82) is 0 Å². The third-order valence-electron chi connectivity index (χ3n) is 7.88. The number of likely N-dealkylation sites (tertiary alicyclic amines) is 1. The summed E-state index contributed by atoms with van der Waals surface area (Å²) >= 11 is 0. The highest BCUT2D eigenvalue weighted by Crippen LogP contribution is 2.27. The molecule has 3 aromatic rings. The van der Waals surface area contributed by atoms with Gasteiger partial charge in [-0.3, -0.25) is 14.5 Å². The van der Waals surface area contributed by atoms with Crippen LogP contribution < -0.4 is 20.7 Å². The van der Waals surface area contributed by atoms with Crippen LogP contribution in [0.1, 0.15) is 48.7 Å². The van der Waals surface area contributed by atoms with E-state index in [2.05, 4.69) is 39.9 Å². The van der Waals surface area contributed by atoms with E-state index in [9.17, 15) is 9.59 Å². The lowest BCUT2D eigenvalue weighted by Crippen LogP contribution is -2.42. The lowest BCUT2D eigenvalue weighted by atomic mass is 10.0. The van der Waals surface area contributed by atoms with Crippen molar-refractivity contribution in [1.82, 2.24) is 10.2 Å². The van der Waals surface area contributed by atoms with E-state index in [0.717, 1.165) is 93.0 Å². The van der Waals surface area contributed by atoms with Crippen molar-refractivity contribution in [3.8, 4) is 5.75 Å². The smallest absolute Gasteiger partial charge is 0.248 e. The predicted molar refractivity (Wildman–Crippen MR) is 174 cm³/mol. The van der Waals surface area contributed by atoms with Crippen molar-refractivity contribution in [3.05, 3.63) is 96.3 Å². The zero-order valence-corrected chi connectivity index (χ0v) is 25.3. The standard InChI is InChI=1S/C21H22N2O3.C14H22N2O/c1-14-12-16-13-19(6-7-20(16)25-14)26-18-8-10-23(11-9-18)17-4-2-15(3-5-17)21(22)24;1-3-5-13(6-4-2)11-16-9-7-14(8-10-16)15-12-17/h2-7,12-13,18H,8-11H2,1H3,(H2,22,24);3-6,12,14H,1,7-11H2,2H3,(H,15,17)/b;6-4-,13-5+. The van der Waals surface area contributed by atoms with E-state index in [1.807, 2.05) is 56.3 Å². The van der Waals surface area contributed by atoms with Crippen LogP contribution in [0.25, 0.3) is 11.0 Å². The molecule has 5 rings (SSSR count). The van der Waals surface area contributed by atoms with E-state index >= 15 is 0 Å². The number of nitrogens with two attached hydrogens (primary N) is 1. The number of aryl methyl sites for hydroxylation is 1. The first-order valence-corrected chi connectivity index (χ1v) is 15.1. The summed E-state index contributed by atoms with van der Waals surface area (Å²) in [5.74, 6) is 1.41. The molecular weight excluding hydrogens is 540 g/mol. The molecule has 0 radical (unpaired) electrons.